The molecule has 3 heteroatoms. The van der Waals surface area contributed by atoms with E-state index in [1.165, 1.54) is 5.57 Å². The first-order chi connectivity index (χ1) is 5.59. The second-order valence-electron chi connectivity index (χ2n) is 3.11. The van der Waals surface area contributed by atoms with Crippen LogP contribution in [0.25, 0.3) is 6.08 Å². The monoisotopic (exact) mass is 198 g/mol. The van der Waals surface area contributed by atoms with Gasteiger partial charge in [0.05, 0.1) is 0 Å². The molecule has 72 valence electrons. The minimum atomic E-state index is 0. The smallest absolute Gasteiger partial charge is 0.0389 e. The van der Waals surface area contributed by atoms with Crippen molar-refractivity contribution < 1.29 is 0 Å². The van der Waals surface area contributed by atoms with E-state index in [1.807, 2.05) is 32.1 Å². The second-order valence-corrected chi connectivity index (χ2v) is 3.11. The van der Waals surface area contributed by atoms with Crippen molar-refractivity contribution in [1.82, 2.24) is 0 Å². The van der Waals surface area contributed by atoms with Crippen LogP contribution < -0.4 is 11.5 Å². The molecule has 4 N–H and O–H groups in total. The van der Waals surface area contributed by atoms with Gasteiger partial charge in [0.1, 0.15) is 0 Å². The molecule has 0 aromatic heterocycles. The van der Waals surface area contributed by atoms with E-state index < -0.39 is 0 Å². The zero-order chi connectivity index (χ0) is 9.14. The van der Waals surface area contributed by atoms with E-state index in [-0.39, 0.29) is 12.4 Å². The summed E-state index contributed by atoms with van der Waals surface area (Å²) in [6.45, 7) is 4.06. The molecule has 0 spiro atoms. The number of hydrogen-bond acceptors (Lipinski definition) is 2. The highest BCUT2D eigenvalue weighted by atomic mass is 35.5. The largest absolute Gasteiger partial charge is 0.399 e. The Morgan fingerprint density at radius 3 is 2.38 bits per heavy atom. The average Bonchev–Trinajstić information content (AvgIpc) is 1.96. The van der Waals surface area contributed by atoms with Crippen molar-refractivity contribution in [1.29, 1.82) is 0 Å². The molecule has 0 atom stereocenters. The molecule has 0 amide bonds. The molecule has 0 saturated carbocycles. The van der Waals surface area contributed by atoms with Crippen molar-refractivity contribution in [3.8, 4) is 0 Å². The maximum atomic E-state index is 5.74. The van der Waals surface area contributed by atoms with Crippen LogP contribution in [-0.2, 0) is 0 Å². The van der Waals surface area contributed by atoms with Gasteiger partial charge in [0, 0.05) is 11.4 Å². The molecule has 0 aliphatic rings. The zero-order valence-corrected chi connectivity index (χ0v) is 8.69. The van der Waals surface area contributed by atoms with Crippen LogP contribution in [0.3, 0.4) is 0 Å². The number of allylic oxidation sites excluding steroid dienone is 1. The van der Waals surface area contributed by atoms with Crippen molar-refractivity contribution in [2.75, 3.05) is 11.5 Å². The number of nitrogens with two attached hydrogens (primary N) is 2. The summed E-state index contributed by atoms with van der Waals surface area (Å²) in [4.78, 5) is 0. The fourth-order valence-corrected chi connectivity index (χ4v) is 1.03. The van der Waals surface area contributed by atoms with Crippen molar-refractivity contribution in [3.63, 3.8) is 0 Å². The number of nitrogen functional groups attached to an aromatic ring is 2. The van der Waals surface area contributed by atoms with Gasteiger partial charge >= 0.3 is 0 Å². The lowest BCUT2D eigenvalue weighted by atomic mass is 10.1. The molecule has 0 radical (unpaired) electrons. The van der Waals surface area contributed by atoms with Gasteiger partial charge in [-0.3, -0.25) is 0 Å². The highest BCUT2D eigenvalue weighted by Crippen LogP contribution is 2.18. The number of benzene rings is 1. The van der Waals surface area contributed by atoms with E-state index in [4.69, 9.17) is 11.5 Å². The van der Waals surface area contributed by atoms with Gasteiger partial charge in [-0.15, -0.1) is 12.4 Å². The second kappa shape index (κ2) is 4.77. The summed E-state index contributed by atoms with van der Waals surface area (Å²) < 4.78 is 0. The minimum Gasteiger partial charge on any atom is -0.399 e. The molecule has 0 aliphatic heterocycles. The van der Waals surface area contributed by atoms with Gasteiger partial charge in [0.25, 0.3) is 0 Å². The van der Waals surface area contributed by atoms with Crippen LogP contribution >= 0.6 is 12.4 Å². The first-order valence-corrected chi connectivity index (χ1v) is 3.89. The molecular weight excluding hydrogens is 184 g/mol. The van der Waals surface area contributed by atoms with E-state index in [9.17, 15) is 0 Å². The fraction of sp³-hybridized carbons (Fsp3) is 0.200. The minimum absolute atomic E-state index is 0. The van der Waals surface area contributed by atoms with Crippen LogP contribution in [0.4, 0.5) is 11.4 Å². The van der Waals surface area contributed by atoms with Crippen LogP contribution in [0.2, 0.25) is 0 Å². The van der Waals surface area contributed by atoms with E-state index in [2.05, 4.69) is 0 Å². The van der Waals surface area contributed by atoms with Crippen LogP contribution in [0.5, 0.6) is 0 Å². The van der Waals surface area contributed by atoms with Gasteiger partial charge in [-0.2, -0.15) is 0 Å². The van der Waals surface area contributed by atoms with Gasteiger partial charge in [0.15, 0.2) is 0 Å². The number of halogens is 1. The molecule has 0 heterocycles. The Balaban J connectivity index is 0.00000144. The topological polar surface area (TPSA) is 52.0 Å². The summed E-state index contributed by atoms with van der Waals surface area (Å²) in [5.74, 6) is 0. The summed E-state index contributed by atoms with van der Waals surface area (Å²) >= 11 is 0. The number of rotatable bonds is 1. The lowest BCUT2D eigenvalue weighted by Crippen LogP contribution is -1.92. The summed E-state index contributed by atoms with van der Waals surface area (Å²) in [5, 5.41) is 0. The quantitative estimate of drug-likeness (QED) is 0.682. The van der Waals surface area contributed by atoms with Crippen LogP contribution in [-0.4, -0.2) is 0 Å². The molecular formula is C10H15ClN2. The van der Waals surface area contributed by atoms with Crippen LogP contribution in [0, 0.1) is 0 Å². The Labute approximate surface area is 85.0 Å². The Hall–Kier alpha value is -1.15. The predicted octanol–water partition coefficient (Wildman–Crippen LogP) is 2.70. The first kappa shape index (κ1) is 11.8. The normalized spacial score (nSPS) is 8.77. The van der Waals surface area contributed by atoms with E-state index >= 15 is 0 Å². The van der Waals surface area contributed by atoms with Gasteiger partial charge in [-0.25, -0.2) is 0 Å². The standard InChI is InChI=1S/C10H14N2.ClH/c1-7(2)5-8-6-9(11)3-4-10(8)12;/h3-6H,11-12H2,1-2H3;1H. The first-order valence-electron chi connectivity index (χ1n) is 3.89. The third-order valence-corrected chi connectivity index (χ3v) is 1.56. The highest BCUT2D eigenvalue weighted by Gasteiger charge is 1.95. The average molecular weight is 199 g/mol. The molecule has 0 unspecified atom stereocenters. The van der Waals surface area contributed by atoms with Crippen molar-refractivity contribution in [3.05, 3.63) is 29.3 Å². The summed E-state index contributed by atoms with van der Waals surface area (Å²) in [6.07, 6.45) is 2.02. The predicted molar refractivity (Wildman–Crippen MR) is 61.8 cm³/mol. The SMILES string of the molecule is CC(C)=Cc1cc(N)ccc1N.Cl. The maximum Gasteiger partial charge on any atom is 0.0389 e. The van der Waals surface area contributed by atoms with Crippen molar-refractivity contribution in [2.45, 2.75) is 13.8 Å². The maximum absolute atomic E-state index is 5.74. The van der Waals surface area contributed by atoms with E-state index in [1.54, 1.807) is 6.07 Å². The highest BCUT2D eigenvalue weighted by molar-refractivity contribution is 5.85. The Morgan fingerprint density at radius 2 is 1.85 bits per heavy atom. The third-order valence-electron chi connectivity index (χ3n) is 1.56. The lowest BCUT2D eigenvalue weighted by molar-refractivity contribution is 1.42. The Morgan fingerprint density at radius 1 is 1.23 bits per heavy atom. The summed E-state index contributed by atoms with van der Waals surface area (Å²) in [6, 6.07) is 5.50. The van der Waals surface area contributed by atoms with Gasteiger partial charge in [-0.05, 0) is 37.6 Å². The molecule has 0 aliphatic carbocycles. The van der Waals surface area contributed by atoms with Gasteiger partial charge in [-0.1, -0.05) is 11.6 Å². The molecule has 1 rings (SSSR count). The van der Waals surface area contributed by atoms with Gasteiger partial charge in [0.2, 0.25) is 0 Å². The molecule has 1 aromatic carbocycles. The van der Waals surface area contributed by atoms with Crippen LogP contribution in [0.1, 0.15) is 19.4 Å². The fourth-order valence-electron chi connectivity index (χ4n) is 1.03. The van der Waals surface area contributed by atoms with Gasteiger partial charge < -0.3 is 11.5 Å². The summed E-state index contributed by atoms with van der Waals surface area (Å²) in [5.41, 5.74) is 15.1. The Kier molecular flexibility index (Phi) is 4.35. The lowest BCUT2D eigenvalue weighted by Gasteiger charge is -2.02. The van der Waals surface area contributed by atoms with Crippen LogP contribution in [0.15, 0.2) is 23.8 Å². The Bertz CT molecular complexity index is 315. The molecule has 1 aromatic rings. The zero-order valence-electron chi connectivity index (χ0n) is 7.87. The van der Waals surface area contributed by atoms with E-state index in [0.717, 1.165) is 16.9 Å². The number of anilines is 2. The van der Waals surface area contributed by atoms with Crippen molar-refractivity contribution in [2.24, 2.45) is 0 Å². The van der Waals surface area contributed by atoms with Crippen molar-refractivity contribution >= 4 is 29.9 Å². The third kappa shape index (κ3) is 3.38. The number of hydrogen-bond donors (Lipinski definition) is 2. The molecule has 2 nitrogen and oxygen atoms in total. The summed E-state index contributed by atoms with van der Waals surface area (Å²) in [7, 11) is 0. The molecule has 0 saturated heterocycles. The molecule has 0 fully saturated rings. The molecule has 13 heavy (non-hydrogen) atoms. The van der Waals surface area contributed by atoms with E-state index in [0.29, 0.717) is 0 Å². The molecule has 0 bridgehead atoms.